The van der Waals surface area contributed by atoms with Crippen LogP contribution in [0.5, 0.6) is 0 Å². The molecule has 0 saturated carbocycles. The Labute approximate surface area is 97.1 Å². The van der Waals surface area contributed by atoms with E-state index >= 15 is 0 Å². The number of hydrogen-bond acceptors (Lipinski definition) is 3. The van der Waals surface area contributed by atoms with Gasteiger partial charge < -0.3 is 9.84 Å². The first kappa shape index (κ1) is 12.3. The van der Waals surface area contributed by atoms with Gasteiger partial charge in [0.1, 0.15) is 0 Å². The van der Waals surface area contributed by atoms with E-state index in [4.69, 9.17) is 16.7 Å². The third-order valence-corrected chi connectivity index (χ3v) is 2.17. The average Bonchev–Trinajstić information content (AvgIpc) is 2.26. The summed E-state index contributed by atoms with van der Waals surface area (Å²) in [6.45, 7) is 0. The molecule has 0 atom stereocenters. The first-order valence-electron chi connectivity index (χ1n) is 4.34. The second kappa shape index (κ2) is 5.32. The van der Waals surface area contributed by atoms with Crippen molar-refractivity contribution < 1.29 is 19.4 Å². The van der Waals surface area contributed by atoms with Crippen molar-refractivity contribution in [1.29, 1.82) is 0 Å². The molecule has 0 amide bonds. The Morgan fingerprint density at radius 1 is 1.38 bits per heavy atom. The van der Waals surface area contributed by atoms with E-state index in [1.54, 1.807) is 24.3 Å². The van der Waals surface area contributed by atoms with E-state index in [-0.39, 0.29) is 5.57 Å². The summed E-state index contributed by atoms with van der Waals surface area (Å²) in [7, 11) is 1.18. The zero-order valence-electron chi connectivity index (χ0n) is 8.44. The van der Waals surface area contributed by atoms with Crippen molar-refractivity contribution in [1.82, 2.24) is 0 Å². The standard InChI is InChI=1S/C11H9ClO4/c1-16-11(15)8(6-10(13)14)7-4-2-3-5-9(7)12/h2-6H,1H3,(H,13,14)/b8-6-. The minimum absolute atomic E-state index is 0.0828. The number of carboxylic acids is 1. The third-order valence-electron chi connectivity index (χ3n) is 1.84. The SMILES string of the molecule is COC(=O)/C(=C\C(=O)O)c1ccccc1Cl. The van der Waals surface area contributed by atoms with Crippen molar-refractivity contribution in [3.05, 3.63) is 40.9 Å². The molecule has 5 heteroatoms. The van der Waals surface area contributed by atoms with Crippen LogP contribution in [0.25, 0.3) is 5.57 Å². The number of benzene rings is 1. The van der Waals surface area contributed by atoms with Gasteiger partial charge in [-0.2, -0.15) is 0 Å². The van der Waals surface area contributed by atoms with Gasteiger partial charge >= 0.3 is 11.9 Å². The van der Waals surface area contributed by atoms with Gasteiger partial charge in [-0.15, -0.1) is 0 Å². The van der Waals surface area contributed by atoms with Crippen LogP contribution in [0.2, 0.25) is 5.02 Å². The molecule has 16 heavy (non-hydrogen) atoms. The molecule has 0 aromatic heterocycles. The van der Waals surface area contributed by atoms with E-state index < -0.39 is 11.9 Å². The number of esters is 1. The Bertz CT molecular complexity index is 451. The van der Waals surface area contributed by atoms with Gasteiger partial charge in [-0.25, -0.2) is 9.59 Å². The number of hydrogen-bond donors (Lipinski definition) is 1. The van der Waals surface area contributed by atoms with E-state index in [2.05, 4.69) is 4.74 Å². The van der Waals surface area contributed by atoms with Gasteiger partial charge in [0.15, 0.2) is 0 Å². The van der Waals surface area contributed by atoms with Crippen LogP contribution in [0.3, 0.4) is 0 Å². The molecule has 0 aliphatic rings. The highest BCUT2D eigenvalue weighted by molar-refractivity contribution is 6.35. The molecule has 0 bridgehead atoms. The van der Waals surface area contributed by atoms with Crippen LogP contribution in [0, 0.1) is 0 Å². The highest BCUT2D eigenvalue weighted by Gasteiger charge is 2.16. The molecule has 84 valence electrons. The molecule has 0 heterocycles. The zero-order chi connectivity index (χ0) is 12.1. The molecule has 0 unspecified atom stereocenters. The number of carbonyl (C=O) groups excluding carboxylic acids is 1. The molecule has 0 aliphatic carbocycles. The number of ether oxygens (including phenoxy) is 1. The highest BCUT2D eigenvalue weighted by atomic mass is 35.5. The summed E-state index contributed by atoms with van der Waals surface area (Å²) >= 11 is 5.86. The lowest BCUT2D eigenvalue weighted by atomic mass is 10.1. The number of halogens is 1. The molecule has 0 fully saturated rings. The smallest absolute Gasteiger partial charge is 0.338 e. The molecule has 1 rings (SSSR count). The van der Waals surface area contributed by atoms with Gasteiger partial charge in [-0.3, -0.25) is 0 Å². The topological polar surface area (TPSA) is 63.6 Å². The highest BCUT2D eigenvalue weighted by Crippen LogP contribution is 2.24. The molecule has 0 saturated heterocycles. The molecule has 0 spiro atoms. The van der Waals surface area contributed by atoms with Crippen molar-refractivity contribution in [2.75, 3.05) is 7.11 Å². The summed E-state index contributed by atoms with van der Waals surface area (Å²) in [6.07, 6.45) is 0.771. The molecular formula is C11H9ClO4. The van der Waals surface area contributed by atoms with Crippen molar-refractivity contribution in [3.63, 3.8) is 0 Å². The number of rotatable bonds is 3. The lowest BCUT2D eigenvalue weighted by Crippen LogP contribution is -2.06. The number of carbonyl (C=O) groups is 2. The second-order valence-corrected chi connectivity index (χ2v) is 3.27. The summed E-state index contributed by atoms with van der Waals surface area (Å²) < 4.78 is 4.49. The summed E-state index contributed by atoms with van der Waals surface area (Å²) in [5.41, 5.74) is 0.249. The minimum Gasteiger partial charge on any atom is -0.478 e. The lowest BCUT2D eigenvalue weighted by Gasteiger charge is -2.06. The predicted molar refractivity (Wildman–Crippen MR) is 59.1 cm³/mol. The monoisotopic (exact) mass is 240 g/mol. The fourth-order valence-corrected chi connectivity index (χ4v) is 1.40. The Hall–Kier alpha value is -1.81. The van der Waals surface area contributed by atoms with Crippen LogP contribution in [-0.4, -0.2) is 24.2 Å². The van der Waals surface area contributed by atoms with E-state index in [0.29, 0.717) is 10.6 Å². The lowest BCUT2D eigenvalue weighted by molar-refractivity contribution is -0.135. The van der Waals surface area contributed by atoms with Gasteiger partial charge in [0.05, 0.1) is 12.7 Å². The number of aliphatic carboxylic acids is 1. The Morgan fingerprint density at radius 2 is 2.00 bits per heavy atom. The van der Waals surface area contributed by atoms with E-state index in [1.165, 1.54) is 7.11 Å². The third kappa shape index (κ3) is 2.84. The van der Waals surface area contributed by atoms with Crippen molar-refractivity contribution in [2.24, 2.45) is 0 Å². The van der Waals surface area contributed by atoms with Crippen LogP contribution < -0.4 is 0 Å². The maximum absolute atomic E-state index is 11.4. The van der Waals surface area contributed by atoms with Gasteiger partial charge in [-0.05, 0) is 6.07 Å². The Balaban J connectivity index is 3.28. The molecule has 1 aromatic carbocycles. The summed E-state index contributed by atoms with van der Waals surface area (Å²) in [5.74, 6) is -1.98. The molecule has 1 N–H and O–H groups in total. The minimum atomic E-state index is -1.24. The van der Waals surface area contributed by atoms with Crippen LogP contribution in [0.1, 0.15) is 5.56 Å². The van der Waals surface area contributed by atoms with Crippen molar-refractivity contribution in [3.8, 4) is 0 Å². The van der Waals surface area contributed by atoms with Gasteiger partial charge in [0, 0.05) is 16.7 Å². The van der Waals surface area contributed by atoms with Gasteiger partial charge in [0.25, 0.3) is 0 Å². The van der Waals surface area contributed by atoms with Crippen molar-refractivity contribution >= 4 is 29.1 Å². The maximum Gasteiger partial charge on any atom is 0.338 e. The van der Waals surface area contributed by atoms with Crippen LogP contribution in [-0.2, 0) is 14.3 Å². The molecule has 0 radical (unpaired) electrons. The predicted octanol–water partition coefficient (Wildman–Crippen LogP) is 1.98. The normalized spacial score (nSPS) is 11.0. The molecule has 1 aromatic rings. The van der Waals surface area contributed by atoms with Crippen LogP contribution >= 0.6 is 11.6 Å². The maximum atomic E-state index is 11.4. The first-order valence-corrected chi connectivity index (χ1v) is 4.72. The largest absolute Gasteiger partial charge is 0.478 e. The van der Waals surface area contributed by atoms with Crippen molar-refractivity contribution in [2.45, 2.75) is 0 Å². The summed E-state index contributed by atoms with van der Waals surface area (Å²) in [4.78, 5) is 22.0. The van der Waals surface area contributed by atoms with Crippen LogP contribution in [0.4, 0.5) is 0 Å². The summed E-state index contributed by atoms with van der Waals surface area (Å²) in [5, 5.41) is 8.95. The Kier molecular flexibility index (Phi) is 4.08. The Morgan fingerprint density at radius 3 is 2.50 bits per heavy atom. The fraction of sp³-hybridized carbons (Fsp3) is 0.0909. The van der Waals surface area contributed by atoms with Gasteiger partial charge in [0.2, 0.25) is 0 Å². The molecule has 4 nitrogen and oxygen atoms in total. The number of methoxy groups -OCH3 is 1. The van der Waals surface area contributed by atoms with E-state index in [1.807, 2.05) is 0 Å². The van der Waals surface area contributed by atoms with E-state index in [9.17, 15) is 9.59 Å². The quantitative estimate of drug-likeness (QED) is 0.648. The summed E-state index contributed by atoms with van der Waals surface area (Å²) in [6, 6.07) is 6.45. The van der Waals surface area contributed by atoms with E-state index in [0.717, 1.165) is 6.08 Å². The first-order chi connectivity index (χ1) is 7.56. The average molecular weight is 241 g/mol. The molecule has 0 aliphatic heterocycles. The number of carboxylic acid groups (broad SMARTS) is 1. The van der Waals surface area contributed by atoms with Crippen LogP contribution in [0.15, 0.2) is 30.3 Å². The zero-order valence-corrected chi connectivity index (χ0v) is 9.19. The fourth-order valence-electron chi connectivity index (χ4n) is 1.16. The van der Waals surface area contributed by atoms with Gasteiger partial charge in [-0.1, -0.05) is 29.8 Å². The molecular weight excluding hydrogens is 232 g/mol. The second-order valence-electron chi connectivity index (χ2n) is 2.87.